The fourth-order valence-corrected chi connectivity index (χ4v) is 2.88. The molecule has 0 aromatic heterocycles. The highest BCUT2D eigenvalue weighted by atomic mass is 32.2. The number of nitrogens with one attached hydrogen (secondary N) is 2. The number of carbonyl (C=O) groups excluding carboxylic acids is 1. The SMILES string of the molecule is C=CCNC(=O)[C@@H](C)NS(=O)(=O)c1ccc(OC)c(OC)c1. The molecule has 0 heterocycles. The van der Waals surface area contributed by atoms with Gasteiger partial charge in [0.05, 0.1) is 25.2 Å². The molecule has 0 spiro atoms. The maximum absolute atomic E-state index is 12.3. The van der Waals surface area contributed by atoms with Gasteiger partial charge in [-0.05, 0) is 19.1 Å². The predicted octanol–water partition coefficient (Wildman–Crippen LogP) is 0.673. The zero-order chi connectivity index (χ0) is 16.8. The molecule has 0 aliphatic rings. The van der Waals surface area contributed by atoms with Crippen LogP contribution in [-0.4, -0.2) is 41.1 Å². The molecule has 0 radical (unpaired) electrons. The summed E-state index contributed by atoms with van der Waals surface area (Å²) in [6.45, 7) is 5.19. The van der Waals surface area contributed by atoms with Crippen molar-refractivity contribution in [3.05, 3.63) is 30.9 Å². The first kappa shape index (κ1) is 18.0. The molecule has 0 fully saturated rings. The summed E-state index contributed by atoms with van der Waals surface area (Å²) in [5, 5.41) is 2.52. The summed E-state index contributed by atoms with van der Waals surface area (Å²) in [6.07, 6.45) is 1.51. The molecule has 0 bridgehead atoms. The van der Waals surface area contributed by atoms with E-state index >= 15 is 0 Å². The van der Waals surface area contributed by atoms with E-state index in [1.54, 1.807) is 0 Å². The van der Waals surface area contributed by atoms with E-state index in [2.05, 4.69) is 16.6 Å². The summed E-state index contributed by atoms with van der Waals surface area (Å²) in [4.78, 5) is 11.7. The highest BCUT2D eigenvalue weighted by molar-refractivity contribution is 7.89. The largest absolute Gasteiger partial charge is 0.493 e. The monoisotopic (exact) mass is 328 g/mol. The van der Waals surface area contributed by atoms with Crippen LogP contribution in [0.3, 0.4) is 0 Å². The van der Waals surface area contributed by atoms with Crippen molar-refractivity contribution in [3.8, 4) is 11.5 Å². The minimum Gasteiger partial charge on any atom is -0.493 e. The summed E-state index contributed by atoms with van der Waals surface area (Å²) >= 11 is 0. The number of hydrogen-bond donors (Lipinski definition) is 2. The van der Waals surface area contributed by atoms with Crippen molar-refractivity contribution in [1.82, 2.24) is 10.0 Å². The second kappa shape index (κ2) is 7.81. The van der Waals surface area contributed by atoms with Crippen molar-refractivity contribution in [2.45, 2.75) is 17.9 Å². The Kier molecular flexibility index (Phi) is 6.39. The van der Waals surface area contributed by atoms with Crippen LogP contribution in [0, 0.1) is 0 Å². The second-order valence-electron chi connectivity index (χ2n) is 4.39. The highest BCUT2D eigenvalue weighted by Gasteiger charge is 2.22. The van der Waals surface area contributed by atoms with Crippen LogP contribution >= 0.6 is 0 Å². The molecule has 1 atom stereocenters. The maximum atomic E-state index is 12.3. The van der Waals surface area contributed by atoms with Gasteiger partial charge >= 0.3 is 0 Å². The summed E-state index contributed by atoms with van der Waals surface area (Å²) in [5.74, 6) is 0.260. The average molecular weight is 328 g/mol. The molecular weight excluding hydrogens is 308 g/mol. The van der Waals surface area contributed by atoms with E-state index < -0.39 is 22.0 Å². The quantitative estimate of drug-likeness (QED) is 0.684. The van der Waals surface area contributed by atoms with Gasteiger partial charge in [-0.3, -0.25) is 4.79 Å². The van der Waals surface area contributed by atoms with E-state index in [9.17, 15) is 13.2 Å². The molecule has 0 saturated carbocycles. The third kappa shape index (κ3) is 4.47. The molecule has 22 heavy (non-hydrogen) atoms. The Morgan fingerprint density at radius 1 is 1.32 bits per heavy atom. The van der Waals surface area contributed by atoms with Crippen molar-refractivity contribution >= 4 is 15.9 Å². The zero-order valence-corrected chi connectivity index (χ0v) is 13.6. The number of amides is 1. The van der Waals surface area contributed by atoms with Crippen molar-refractivity contribution in [3.63, 3.8) is 0 Å². The zero-order valence-electron chi connectivity index (χ0n) is 12.8. The highest BCUT2D eigenvalue weighted by Crippen LogP contribution is 2.29. The predicted molar refractivity (Wildman–Crippen MR) is 82.5 cm³/mol. The van der Waals surface area contributed by atoms with E-state index in [1.807, 2.05) is 0 Å². The number of benzene rings is 1. The number of rotatable bonds is 8. The lowest BCUT2D eigenvalue weighted by Crippen LogP contribution is -2.44. The molecule has 0 aliphatic carbocycles. The van der Waals surface area contributed by atoms with E-state index in [4.69, 9.17) is 9.47 Å². The number of ether oxygens (including phenoxy) is 2. The lowest BCUT2D eigenvalue weighted by molar-refractivity contribution is -0.122. The molecule has 2 N–H and O–H groups in total. The lowest BCUT2D eigenvalue weighted by Gasteiger charge is -2.15. The lowest BCUT2D eigenvalue weighted by atomic mass is 10.3. The molecule has 1 aromatic carbocycles. The molecule has 1 aromatic rings. The fourth-order valence-electron chi connectivity index (χ4n) is 1.66. The number of methoxy groups -OCH3 is 2. The van der Waals surface area contributed by atoms with Gasteiger partial charge in [0.1, 0.15) is 0 Å². The van der Waals surface area contributed by atoms with Crippen molar-refractivity contribution in [1.29, 1.82) is 0 Å². The number of carbonyl (C=O) groups is 1. The Balaban J connectivity index is 2.95. The molecule has 122 valence electrons. The van der Waals surface area contributed by atoms with Gasteiger partial charge in [0.15, 0.2) is 11.5 Å². The summed E-state index contributed by atoms with van der Waals surface area (Å²) in [7, 11) is -0.995. The molecule has 1 amide bonds. The standard InChI is InChI=1S/C14H20N2O5S/c1-5-8-15-14(17)10(2)16-22(18,19)11-6-7-12(20-3)13(9-11)21-4/h5-7,9-10,16H,1,8H2,2-4H3,(H,15,17)/t10-/m1/s1. The molecule has 0 unspecified atom stereocenters. The minimum atomic E-state index is -3.86. The van der Waals surface area contributed by atoms with Gasteiger partial charge in [0.2, 0.25) is 15.9 Å². The van der Waals surface area contributed by atoms with Crippen LogP contribution in [0.25, 0.3) is 0 Å². The summed E-state index contributed by atoms with van der Waals surface area (Å²) in [5.41, 5.74) is 0. The van der Waals surface area contributed by atoms with Gasteiger partial charge in [-0.15, -0.1) is 6.58 Å². The first-order chi connectivity index (χ1) is 10.4. The van der Waals surface area contributed by atoms with Gasteiger partial charge in [-0.25, -0.2) is 8.42 Å². The van der Waals surface area contributed by atoms with E-state index in [0.717, 1.165) is 0 Å². The molecule has 7 nitrogen and oxygen atoms in total. The first-order valence-corrected chi connectivity index (χ1v) is 7.97. The Morgan fingerprint density at radius 2 is 1.95 bits per heavy atom. The summed E-state index contributed by atoms with van der Waals surface area (Å²) < 4.78 is 37.0. The van der Waals surface area contributed by atoms with Crippen LogP contribution in [-0.2, 0) is 14.8 Å². The molecule has 1 rings (SSSR count). The molecule has 8 heteroatoms. The Labute approximate surface area is 130 Å². The third-order valence-electron chi connectivity index (χ3n) is 2.81. The second-order valence-corrected chi connectivity index (χ2v) is 6.11. The van der Waals surface area contributed by atoms with Crippen molar-refractivity contribution in [2.24, 2.45) is 0 Å². The van der Waals surface area contributed by atoms with Crippen LogP contribution in [0.15, 0.2) is 35.7 Å². The average Bonchev–Trinajstić information content (AvgIpc) is 2.51. The van der Waals surface area contributed by atoms with Gasteiger partial charge in [-0.2, -0.15) is 4.72 Å². The molecule has 0 saturated heterocycles. The van der Waals surface area contributed by atoms with Crippen molar-refractivity contribution in [2.75, 3.05) is 20.8 Å². The van der Waals surface area contributed by atoms with E-state index in [0.29, 0.717) is 5.75 Å². The van der Waals surface area contributed by atoms with E-state index in [1.165, 1.54) is 45.4 Å². The molecular formula is C14H20N2O5S. The van der Waals surface area contributed by atoms with Gasteiger partial charge in [0, 0.05) is 12.6 Å². The topological polar surface area (TPSA) is 93.7 Å². The van der Waals surface area contributed by atoms with Crippen LogP contribution in [0.1, 0.15) is 6.92 Å². The Morgan fingerprint density at radius 3 is 2.50 bits per heavy atom. The number of sulfonamides is 1. The van der Waals surface area contributed by atoms with Crippen LogP contribution in [0.2, 0.25) is 0 Å². The number of hydrogen-bond acceptors (Lipinski definition) is 5. The van der Waals surface area contributed by atoms with Gasteiger partial charge in [-0.1, -0.05) is 6.08 Å². The Bertz CT molecular complexity index is 643. The Hall–Kier alpha value is -2.06. The van der Waals surface area contributed by atoms with Crippen molar-refractivity contribution < 1.29 is 22.7 Å². The first-order valence-electron chi connectivity index (χ1n) is 6.48. The van der Waals surface area contributed by atoms with Crippen LogP contribution in [0.5, 0.6) is 11.5 Å². The summed E-state index contributed by atoms with van der Waals surface area (Å²) in [6, 6.07) is 3.27. The smallest absolute Gasteiger partial charge is 0.241 e. The van der Waals surface area contributed by atoms with E-state index in [-0.39, 0.29) is 17.2 Å². The van der Waals surface area contributed by atoms with Gasteiger partial charge in [0.25, 0.3) is 0 Å². The maximum Gasteiger partial charge on any atom is 0.241 e. The molecule has 0 aliphatic heterocycles. The normalized spacial score (nSPS) is 12.3. The van der Waals surface area contributed by atoms with Crippen LogP contribution in [0.4, 0.5) is 0 Å². The minimum absolute atomic E-state index is 0.0199. The third-order valence-corrected chi connectivity index (χ3v) is 4.35. The van der Waals surface area contributed by atoms with Gasteiger partial charge < -0.3 is 14.8 Å². The van der Waals surface area contributed by atoms with Crippen LogP contribution < -0.4 is 19.5 Å². The fraction of sp³-hybridized carbons (Fsp3) is 0.357.